The van der Waals surface area contributed by atoms with Crippen LogP contribution in [0, 0.1) is 12.7 Å². The smallest absolute Gasteiger partial charge is 0.338 e. The van der Waals surface area contributed by atoms with E-state index in [1.54, 1.807) is 6.07 Å². The molecule has 0 spiro atoms. The fourth-order valence-corrected chi connectivity index (χ4v) is 1.99. The predicted octanol–water partition coefficient (Wildman–Crippen LogP) is 3.12. The summed E-state index contributed by atoms with van der Waals surface area (Å²) in [5.74, 6) is -1.95. The number of carboxylic acids is 1. The first-order valence-electron chi connectivity index (χ1n) is 6.35. The molecule has 3 nitrogen and oxygen atoms in total. The predicted molar refractivity (Wildman–Crippen MR) is 75.1 cm³/mol. The van der Waals surface area contributed by atoms with E-state index in [1.807, 2.05) is 31.2 Å². The van der Waals surface area contributed by atoms with Gasteiger partial charge in [-0.3, -0.25) is 0 Å². The molecule has 0 aromatic heterocycles. The van der Waals surface area contributed by atoms with Gasteiger partial charge in [-0.05, 0) is 35.7 Å². The Hall–Kier alpha value is -2.20. The van der Waals surface area contributed by atoms with Gasteiger partial charge in [0.05, 0.1) is 5.56 Å². The van der Waals surface area contributed by atoms with Crippen LogP contribution >= 0.6 is 0 Å². The van der Waals surface area contributed by atoms with Gasteiger partial charge in [0.25, 0.3) is 0 Å². The molecule has 0 aliphatic carbocycles. The van der Waals surface area contributed by atoms with E-state index >= 15 is 0 Å². The molecule has 0 saturated carbocycles. The van der Waals surface area contributed by atoms with E-state index in [0.29, 0.717) is 13.1 Å². The van der Waals surface area contributed by atoms with Crippen molar-refractivity contribution in [3.05, 3.63) is 70.5 Å². The standard InChI is InChI=1S/C16H16FNO2/c1-11-4-2-3-5-13(11)10-18-9-12-6-7-14(16(19)20)15(17)8-12/h2-8,18H,9-10H2,1H3,(H,19,20). The SMILES string of the molecule is Cc1ccccc1CNCc1ccc(C(=O)O)c(F)c1. The molecule has 0 aliphatic heterocycles. The van der Waals surface area contributed by atoms with Crippen molar-refractivity contribution in [2.75, 3.05) is 0 Å². The second kappa shape index (κ2) is 6.30. The summed E-state index contributed by atoms with van der Waals surface area (Å²) >= 11 is 0. The highest BCUT2D eigenvalue weighted by Crippen LogP contribution is 2.11. The fourth-order valence-electron chi connectivity index (χ4n) is 1.99. The van der Waals surface area contributed by atoms with Gasteiger partial charge >= 0.3 is 5.97 Å². The van der Waals surface area contributed by atoms with E-state index in [1.165, 1.54) is 23.3 Å². The quantitative estimate of drug-likeness (QED) is 0.880. The molecule has 2 rings (SSSR count). The molecule has 0 saturated heterocycles. The van der Waals surface area contributed by atoms with E-state index in [-0.39, 0.29) is 5.56 Å². The van der Waals surface area contributed by atoms with Crippen LogP contribution in [0.15, 0.2) is 42.5 Å². The van der Waals surface area contributed by atoms with Gasteiger partial charge in [-0.2, -0.15) is 0 Å². The minimum atomic E-state index is -1.25. The van der Waals surface area contributed by atoms with Crippen molar-refractivity contribution >= 4 is 5.97 Å². The Morgan fingerprint density at radius 2 is 1.95 bits per heavy atom. The van der Waals surface area contributed by atoms with Crippen LogP contribution < -0.4 is 5.32 Å². The highest BCUT2D eigenvalue weighted by atomic mass is 19.1. The first-order chi connectivity index (χ1) is 9.58. The zero-order valence-corrected chi connectivity index (χ0v) is 11.2. The molecule has 2 aromatic rings. The van der Waals surface area contributed by atoms with Crippen molar-refractivity contribution in [1.82, 2.24) is 5.32 Å². The van der Waals surface area contributed by atoms with Crippen LogP contribution in [0.25, 0.3) is 0 Å². The normalized spacial score (nSPS) is 10.5. The highest BCUT2D eigenvalue weighted by Gasteiger charge is 2.10. The number of carbonyl (C=O) groups is 1. The minimum absolute atomic E-state index is 0.298. The van der Waals surface area contributed by atoms with Gasteiger partial charge in [0.15, 0.2) is 0 Å². The Kier molecular flexibility index (Phi) is 4.48. The van der Waals surface area contributed by atoms with Crippen molar-refractivity contribution in [3.8, 4) is 0 Å². The zero-order chi connectivity index (χ0) is 14.5. The summed E-state index contributed by atoms with van der Waals surface area (Å²) in [4.78, 5) is 10.7. The molecule has 0 aliphatic rings. The number of carboxylic acid groups (broad SMARTS) is 1. The van der Waals surface area contributed by atoms with Crippen molar-refractivity contribution in [2.45, 2.75) is 20.0 Å². The maximum Gasteiger partial charge on any atom is 0.338 e. The number of aromatic carboxylic acids is 1. The van der Waals surface area contributed by atoms with Crippen LogP contribution in [0.2, 0.25) is 0 Å². The Bertz CT molecular complexity index is 626. The lowest BCUT2D eigenvalue weighted by Crippen LogP contribution is -2.14. The molecule has 2 N–H and O–H groups in total. The van der Waals surface area contributed by atoms with E-state index in [2.05, 4.69) is 5.32 Å². The van der Waals surface area contributed by atoms with Gasteiger partial charge in [0, 0.05) is 13.1 Å². The van der Waals surface area contributed by atoms with Crippen LogP contribution in [0.5, 0.6) is 0 Å². The van der Waals surface area contributed by atoms with Crippen LogP contribution in [0.4, 0.5) is 4.39 Å². The van der Waals surface area contributed by atoms with Crippen LogP contribution in [0.3, 0.4) is 0 Å². The topological polar surface area (TPSA) is 49.3 Å². The number of rotatable bonds is 5. The summed E-state index contributed by atoms with van der Waals surface area (Å²) < 4.78 is 13.5. The van der Waals surface area contributed by atoms with Gasteiger partial charge in [0.1, 0.15) is 5.82 Å². The van der Waals surface area contributed by atoms with Gasteiger partial charge in [0.2, 0.25) is 0 Å². The monoisotopic (exact) mass is 273 g/mol. The molecule has 0 amide bonds. The Labute approximate surface area is 117 Å². The number of nitrogens with one attached hydrogen (secondary N) is 1. The third-order valence-electron chi connectivity index (χ3n) is 3.17. The van der Waals surface area contributed by atoms with E-state index in [9.17, 15) is 9.18 Å². The summed E-state index contributed by atoms with van der Waals surface area (Å²) in [6.07, 6.45) is 0. The lowest BCUT2D eigenvalue weighted by atomic mass is 10.1. The summed E-state index contributed by atoms with van der Waals surface area (Å²) in [7, 11) is 0. The summed E-state index contributed by atoms with van der Waals surface area (Å²) in [5, 5.41) is 12.0. The Morgan fingerprint density at radius 1 is 1.20 bits per heavy atom. The van der Waals surface area contributed by atoms with E-state index < -0.39 is 11.8 Å². The molecule has 0 fully saturated rings. The van der Waals surface area contributed by atoms with Crippen molar-refractivity contribution < 1.29 is 14.3 Å². The van der Waals surface area contributed by atoms with Gasteiger partial charge in [-0.15, -0.1) is 0 Å². The third kappa shape index (κ3) is 3.42. The number of aryl methyl sites for hydroxylation is 1. The molecule has 2 aromatic carbocycles. The Balaban J connectivity index is 1.97. The zero-order valence-electron chi connectivity index (χ0n) is 11.2. The maximum absolute atomic E-state index is 13.5. The van der Waals surface area contributed by atoms with Crippen molar-refractivity contribution in [2.24, 2.45) is 0 Å². The Morgan fingerprint density at radius 3 is 2.60 bits per heavy atom. The summed E-state index contributed by atoms with van der Waals surface area (Å²) in [6.45, 7) is 3.22. The fraction of sp³-hybridized carbons (Fsp3) is 0.188. The first-order valence-corrected chi connectivity index (χ1v) is 6.35. The lowest BCUT2D eigenvalue weighted by Gasteiger charge is -2.08. The van der Waals surface area contributed by atoms with Gasteiger partial charge < -0.3 is 10.4 Å². The largest absolute Gasteiger partial charge is 0.478 e. The molecule has 0 unspecified atom stereocenters. The molecule has 0 heterocycles. The third-order valence-corrected chi connectivity index (χ3v) is 3.17. The summed E-state index contributed by atoms with van der Waals surface area (Å²) in [5.41, 5.74) is 2.82. The van der Waals surface area contributed by atoms with E-state index in [4.69, 9.17) is 5.11 Å². The average Bonchev–Trinajstić information content (AvgIpc) is 2.40. The average molecular weight is 273 g/mol. The van der Waals surface area contributed by atoms with Crippen LogP contribution in [-0.4, -0.2) is 11.1 Å². The minimum Gasteiger partial charge on any atom is -0.478 e. The second-order valence-corrected chi connectivity index (χ2v) is 4.65. The van der Waals surface area contributed by atoms with Crippen molar-refractivity contribution in [1.29, 1.82) is 0 Å². The van der Waals surface area contributed by atoms with E-state index in [0.717, 1.165) is 5.56 Å². The van der Waals surface area contributed by atoms with Crippen LogP contribution in [-0.2, 0) is 13.1 Å². The second-order valence-electron chi connectivity index (χ2n) is 4.65. The number of hydrogen-bond donors (Lipinski definition) is 2. The maximum atomic E-state index is 13.5. The number of halogens is 1. The first kappa shape index (κ1) is 14.2. The molecular weight excluding hydrogens is 257 g/mol. The molecule has 104 valence electrons. The molecule has 0 bridgehead atoms. The molecule has 0 atom stereocenters. The number of benzene rings is 2. The molecular formula is C16H16FNO2. The highest BCUT2D eigenvalue weighted by molar-refractivity contribution is 5.87. The molecule has 20 heavy (non-hydrogen) atoms. The van der Waals surface area contributed by atoms with Crippen molar-refractivity contribution in [3.63, 3.8) is 0 Å². The van der Waals surface area contributed by atoms with Crippen LogP contribution in [0.1, 0.15) is 27.0 Å². The number of hydrogen-bond acceptors (Lipinski definition) is 2. The molecule has 4 heteroatoms. The van der Waals surface area contributed by atoms with Gasteiger partial charge in [-0.25, -0.2) is 9.18 Å². The molecule has 0 radical (unpaired) electrons. The lowest BCUT2D eigenvalue weighted by molar-refractivity contribution is 0.0692. The van der Waals surface area contributed by atoms with Gasteiger partial charge in [-0.1, -0.05) is 30.3 Å². The summed E-state index contributed by atoms with van der Waals surface area (Å²) in [6, 6.07) is 12.2.